The number of aromatic nitrogens is 3. The zero-order valence-corrected chi connectivity index (χ0v) is 20.9. The number of hydrogen-bond donors (Lipinski definition) is 1. The Kier molecular flexibility index (Phi) is 7.08. The Balaban J connectivity index is 1.49. The van der Waals surface area contributed by atoms with Crippen molar-refractivity contribution in [3.8, 4) is 5.75 Å². The maximum atomic E-state index is 13.6. The molecule has 0 bridgehead atoms. The van der Waals surface area contributed by atoms with E-state index in [0.29, 0.717) is 22.4 Å². The fourth-order valence-electron chi connectivity index (χ4n) is 4.76. The largest absolute Gasteiger partial charge is 0.496 e. The third-order valence-corrected chi connectivity index (χ3v) is 7.43. The molecule has 5 rings (SSSR count). The summed E-state index contributed by atoms with van der Waals surface area (Å²) in [4.78, 5) is 18.3. The van der Waals surface area contributed by atoms with Crippen molar-refractivity contribution in [1.29, 1.82) is 0 Å². The molecular formula is C27H30N4O3S. The molecule has 3 aromatic rings. The van der Waals surface area contributed by atoms with Gasteiger partial charge in [-0.2, -0.15) is 4.98 Å². The molecule has 1 aromatic heterocycles. The van der Waals surface area contributed by atoms with Crippen LogP contribution in [0.15, 0.2) is 71.0 Å². The van der Waals surface area contributed by atoms with Gasteiger partial charge in [-0.15, -0.1) is 5.10 Å². The lowest BCUT2D eigenvalue weighted by atomic mass is 9.94. The molecule has 1 N–H and O–H groups in total. The van der Waals surface area contributed by atoms with Gasteiger partial charge in [0, 0.05) is 17.0 Å². The monoisotopic (exact) mass is 490 g/mol. The molecule has 35 heavy (non-hydrogen) atoms. The van der Waals surface area contributed by atoms with Crippen LogP contribution < -0.4 is 10.1 Å². The number of esters is 1. The molecule has 0 spiro atoms. The summed E-state index contributed by atoms with van der Waals surface area (Å²) in [7, 11) is 1.64. The molecule has 2 aromatic carbocycles. The summed E-state index contributed by atoms with van der Waals surface area (Å²) in [5.41, 5.74) is 3.31. The first-order valence-corrected chi connectivity index (χ1v) is 13.1. The molecule has 182 valence electrons. The molecule has 1 atom stereocenters. The number of thioether (sulfide) groups is 1. The zero-order chi connectivity index (χ0) is 24.2. The van der Waals surface area contributed by atoms with Gasteiger partial charge >= 0.3 is 5.97 Å². The van der Waals surface area contributed by atoms with Crippen LogP contribution in [0.2, 0.25) is 0 Å². The van der Waals surface area contributed by atoms with E-state index in [0.717, 1.165) is 42.7 Å². The van der Waals surface area contributed by atoms with E-state index in [1.807, 2.05) is 49.4 Å². The second-order valence-corrected chi connectivity index (χ2v) is 9.85. The van der Waals surface area contributed by atoms with Gasteiger partial charge in [0.1, 0.15) is 17.9 Å². The maximum Gasteiger partial charge on any atom is 0.338 e. The molecule has 2 heterocycles. The van der Waals surface area contributed by atoms with Gasteiger partial charge < -0.3 is 14.8 Å². The van der Waals surface area contributed by atoms with Crippen LogP contribution in [0.1, 0.15) is 56.2 Å². The Bertz CT molecular complexity index is 1220. The summed E-state index contributed by atoms with van der Waals surface area (Å²) in [5, 5.41) is 8.76. The highest BCUT2D eigenvalue weighted by Gasteiger charge is 2.37. The first-order chi connectivity index (χ1) is 17.1. The molecule has 1 aliphatic heterocycles. The Labute approximate surface area is 209 Å². The molecule has 1 fully saturated rings. The smallest absolute Gasteiger partial charge is 0.338 e. The molecule has 0 radical (unpaired) electrons. The van der Waals surface area contributed by atoms with Gasteiger partial charge in [0.15, 0.2) is 0 Å². The average Bonchev–Trinajstić information content (AvgIpc) is 3.30. The number of hydrogen-bond acceptors (Lipinski definition) is 7. The number of nitrogens with zero attached hydrogens (tertiary/aromatic N) is 3. The minimum absolute atomic E-state index is 0.0380. The minimum atomic E-state index is -0.503. The lowest BCUT2D eigenvalue weighted by Gasteiger charge is -2.30. The highest BCUT2D eigenvalue weighted by atomic mass is 32.2. The van der Waals surface area contributed by atoms with Crippen LogP contribution in [0.25, 0.3) is 0 Å². The molecule has 1 unspecified atom stereocenters. The molecule has 0 saturated heterocycles. The Morgan fingerprint density at radius 1 is 1.09 bits per heavy atom. The van der Waals surface area contributed by atoms with Gasteiger partial charge in [0.25, 0.3) is 0 Å². The van der Waals surface area contributed by atoms with Crippen molar-refractivity contribution >= 4 is 23.7 Å². The number of para-hydroxylation sites is 1. The number of rotatable bonds is 7. The van der Waals surface area contributed by atoms with Gasteiger partial charge in [-0.3, -0.25) is 0 Å². The SMILES string of the molecule is COc1ccccc1C1C(C(=O)OC2CCCCC2)=C(C)Nc2nc(SCc3ccccc3)nn21. The minimum Gasteiger partial charge on any atom is -0.496 e. The van der Waals surface area contributed by atoms with Crippen LogP contribution >= 0.6 is 11.8 Å². The van der Waals surface area contributed by atoms with Crippen molar-refractivity contribution < 1.29 is 14.3 Å². The van der Waals surface area contributed by atoms with Crippen molar-refractivity contribution in [3.63, 3.8) is 0 Å². The number of fused-ring (bicyclic) bond motifs is 1. The number of anilines is 1. The average molecular weight is 491 g/mol. The number of carbonyl (C=O) groups is 1. The summed E-state index contributed by atoms with van der Waals surface area (Å²) < 4.78 is 13.5. The van der Waals surface area contributed by atoms with E-state index in [4.69, 9.17) is 19.6 Å². The molecule has 8 heteroatoms. The quantitative estimate of drug-likeness (QED) is 0.334. The van der Waals surface area contributed by atoms with E-state index < -0.39 is 6.04 Å². The van der Waals surface area contributed by atoms with E-state index in [2.05, 4.69) is 17.4 Å². The maximum absolute atomic E-state index is 13.6. The van der Waals surface area contributed by atoms with E-state index in [-0.39, 0.29) is 12.1 Å². The highest BCUT2D eigenvalue weighted by Crippen LogP contribution is 2.40. The standard InChI is InChI=1S/C27H30N4O3S/c1-18-23(25(32)34-20-13-7-4-8-14-20)24(21-15-9-10-16-22(21)33-2)31-26(28-18)29-27(30-31)35-17-19-11-5-3-6-12-19/h3,5-6,9-12,15-16,20,24H,4,7-8,13-14,17H2,1-2H3,(H,28,29,30). The van der Waals surface area contributed by atoms with Crippen LogP contribution in [0.4, 0.5) is 5.95 Å². The van der Waals surface area contributed by atoms with Gasteiger partial charge in [-0.25, -0.2) is 9.48 Å². The number of ether oxygens (including phenoxy) is 2. The van der Waals surface area contributed by atoms with E-state index in [1.165, 1.54) is 12.0 Å². The van der Waals surface area contributed by atoms with Gasteiger partial charge in [-0.05, 0) is 44.2 Å². The summed E-state index contributed by atoms with van der Waals surface area (Å²) in [6, 6.07) is 17.5. The summed E-state index contributed by atoms with van der Waals surface area (Å²) in [5.74, 6) is 1.74. The summed E-state index contributed by atoms with van der Waals surface area (Å²) >= 11 is 1.56. The first-order valence-electron chi connectivity index (χ1n) is 12.1. The van der Waals surface area contributed by atoms with Crippen molar-refractivity contribution in [1.82, 2.24) is 14.8 Å². The van der Waals surface area contributed by atoms with Crippen LogP contribution in [-0.2, 0) is 15.3 Å². The van der Waals surface area contributed by atoms with Crippen LogP contribution in [0.5, 0.6) is 5.75 Å². The van der Waals surface area contributed by atoms with Crippen molar-refractivity contribution in [2.75, 3.05) is 12.4 Å². The molecule has 0 amide bonds. The third-order valence-electron chi connectivity index (χ3n) is 6.52. The lowest BCUT2D eigenvalue weighted by molar-refractivity contribution is -0.146. The molecule has 1 aliphatic carbocycles. The van der Waals surface area contributed by atoms with E-state index in [1.54, 1.807) is 23.6 Å². The summed E-state index contributed by atoms with van der Waals surface area (Å²) in [6.45, 7) is 1.90. The first kappa shape index (κ1) is 23.5. The predicted octanol–water partition coefficient (Wildman–Crippen LogP) is 5.74. The van der Waals surface area contributed by atoms with Crippen LogP contribution in [0.3, 0.4) is 0 Å². The fourth-order valence-corrected chi connectivity index (χ4v) is 5.54. The fraction of sp³-hybridized carbons (Fsp3) is 0.370. The summed E-state index contributed by atoms with van der Waals surface area (Å²) in [6.07, 6.45) is 5.19. The zero-order valence-electron chi connectivity index (χ0n) is 20.1. The number of methoxy groups -OCH3 is 1. The lowest BCUT2D eigenvalue weighted by Crippen LogP contribution is -2.32. The van der Waals surface area contributed by atoms with Crippen LogP contribution in [-0.4, -0.2) is 33.9 Å². The predicted molar refractivity (Wildman–Crippen MR) is 136 cm³/mol. The van der Waals surface area contributed by atoms with E-state index >= 15 is 0 Å². The Morgan fingerprint density at radius 3 is 2.60 bits per heavy atom. The van der Waals surface area contributed by atoms with Crippen molar-refractivity contribution in [2.24, 2.45) is 0 Å². The Hall–Kier alpha value is -3.26. The number of allylic oxidation sites excluding steroid dienone is 1. The van der Waals surface area contributed by atoms with Gasteiger partial charge in [0.05, 0.1) is 12.7 Å². The number of carbonyl (C=O) groups excluding carboxylic acids is 1. The third kappa shape index (κ3) is 5.07. The topological polar surface area (TPSA) is 78.3 Å². The van der Waals surface area contributed by atoms with E-state index in [9.17, 15) is 4.79 Å². The van der Waals surface area contributed by atoms with Gasteiger partial charge in [-0.1, -0.05) is 66.7 Å². The molecule has 2 aliphatic rings. The van der Waals surface area contributed by atoms with Crippen molar-refractivity contribution in [2.45, 2.75) is 62.1 Å². The molecular weight excluding hydrogens is 460 g/mol. The second kappa shape index (κ2) is 10.6. The van der Waals surface area contributed by atoms with Crippen LogP contribution in [0, 0.1) is 0 Å². The van der Waals surface area contributed by atoms with Crippen molar-refractivity contribution in [3.05, 3.63) is 77.0 Å². The second-order valence-electron chi connectivity index (χ2n) is 8.91. The van der Waals surface area contributed by atoms with Gasteiger partial charge in [0.2, 0.25) is 11.1 Å². The Morgan fingerprint density at radius 2 is 1.83 bits per heavy atom. The molecule has 1 saturated carbocycles. The number of nitrogens with one attached hydrogen (secondary N) is 1. The highest BCUT2D eigenvalue weighted by molar-refractivity contribution is 7.98. The normalized spacial score (nSPS) is 18.1. The number of benzene rings is 2. The molecule has 7 nitrogen and oxygen atoms in total.